The molecule has 1 aromatic rings. The van der Waals surface area contributed by atoms with Gasteiger partial charge in [0.25, 0.3) is 5.91 Å². The normalized spacial score (nSPS) is 23.1. The SMILES string of the molecule is CC(C)CCO[C@@H]1CN(C(=O)c2ccccc2F)CCN(C(=O)[C@H](N)CC(C)C)CCCCOC[C@@H](O)[C@H]1O. The predicted molar refractivity (Wildman–Crippen MR) is 148 cm³/mol. The molecule has 0 aromatic heterocycles. The maximum Gasteiger partial charge on any atom is 0.256 e. The highest BCUT2D eigenvalue weighted by molar-refractivity contribution is 5.94. The van der Waals surface area contributed by atoms with Gasteiger partial charge in [-0.05, 0) is 49.7 Å². The van der Waals surface area contributed by atoms with Crippen LogP contribution in [0.3, 0.4) is 0 Å². The first kappa shape index (κ1) is 33.1. The summed E-state index contributed by atoms with van der Waals surface area (Å²) in [4.78, 5) is 29.9. The number of nitrogens with two attached hydrogens (primary N) is 1. The van der Waals surface area contributed by atoms with Crippen molar-refractivity contribution in [3.8, 4) is 0 Å². The van der Waals surface area contributed by atoms with Gasteiger partial charge in [-0.1, -0.05) is 39.8 Å². The van der Waals surface area contributed by atoms with Crippen LogP contribution in [0.4, 0.5) is 4.39 Å². The Balaban J connectivity index is 2.37. The molecule has 1 aliphatic rings. The van der Waals surface area contributed by atoms with Crippen molar-refractivity contribution in [3.63, 3.8) is 0 Å². The van der Waals surface area contributed by atoms with Gasteiger partial charge in [-0.3, -0.25) is 9.59 Å². The van der Waals surface area contributed by atoms with Gasteiger partial charge in [-0.15, -0.1) is 0 Å². The number of halogens is 1. The minimum Gasteiger partial charge on any atom is -0.388 e. The summed E-state index contributed by atoms with van der Waals surface area (Å²) in [5.41, 5.74) is 6.11. The third-order valence-corrected chi connectivity index (χ3v) is 6.84. The average Bonchev–Trinajstić information content (AvgIpc) is 2.88. The van der Waals surface area contributed by atoms with Crippen LogP contribution in [0.25, 0.3) is 0 Å². The van der Waals surface area contributed by atoms with Crippen LogP contribution in [0.1, 0.15) is 63.7 Å². The number of aliphatic hydroxyl groups is 2. The topological polar surface area (TPSA) is 126 Å². The Morgan fingerprint density at radius 3 is 2.44 bits per heavy atom. The molecule has 222 valence electrons. The lowest BCUT2D eigenvalue weighted by Crippen LogP contribution is -2.52. The van der Waals surface area contributed by atoms with Crippen molar-refractivity contribution >= 4 is 11.8 Å². The molecule has 1 aromatic carbocycles. The van der Waals surface area contributed by atoms with Crippen LogP contribution in [0.2, 0.25) is 0 Å². The van der Waals surface area contributed by atoms with E-state index in [1.165, 1.54) is 23.1 Å². The van der Waals surface area contributed by atoms with Crippen LogP contribution in [-0.4, -0.2) is 102 Å². The average molecular weight is 554 g/mol. The molecular weight excluding hydrogens is 505 g/mol. The van der Waals surface area contributed by atoms with Crippen molar-refractivity contribution < 1.29 is 33.7 Å². The van der Waals surface area contributed by atoms with Gasteiger partial charge in [-0.2, -0.15) is 0 Å². The molecule has 0 spiro atoms. The summed E-state index contributed by atoms with van der Waals surface area (Å²) < 4.78 is 26.2. The second kappa shape index (κ2) is 16.9. The fraction of sp³-hybridized carbons (Fsp3) is 0.724. The van der Waals surface area contributed by atoms with E-state index in [-0.39, 0.29) is 43.6 Å². The molecule has 0 aliphatic carbocycles. The summed E-state index contributed by atoms with van der Waals surface area (Å²) in [7, 11) is 0. The smallest absolute Gasteiger partial charge is 0.256 e. The number of aliphatic hydroxyl groups excluding tert-OH is 2. The van der Waals surface area contributed by atoms with E-state index in [1.807, 2.05) is 27.7 Å². The summed E-state index contributed by atoms with van der Waals surface area (Å²) in [6.07, 6.45) is -0.991. The van der Waals surface area contributed by atoms with E-state index < -0.39 is 36.1 Å². The van der Waals surface area contributed by atoms with Gasteiger partial charge < -0.3 is 35.2 Å². The van der Waals surface area contributed by atoms with Gasteiger partial charge in [0.05, 0.1) is 18.2 Å². The molecule has 0 unspecified atom stereocenters. The minimum absolute atomic E-state index is 0.0800. The first-order valence-corrected chi connectivity index (χ1v) is 14.1. The lowest BCUT2D eigenvalue weighted by Gasteiger charge is -2.35. The number of nitrogens with zero attached hydrogens (tertiary/aromatic N) is 2. The van der Waals surface area contributed by atoms with Crippen LogP contribution in [-0.2, 0) is 14.3 Å². The van der Waals surface area contributed by atoms with Crippen molar-refractivity contribution in [2.24, 2.45) is 17.6 Å². The van der Waals surface area contributed by atoms with Gasteiger partial charge in [0.1, 0.15) is 24.1 Å². The number of hydrogen-bond acceptors (Lipinski definition) is 7. The quantitative estimate of drug-likeness (QED) is 0.452. The largest absolute Gasteiger partial charge is 0.388 e. The van der Waals surface area contributed by atoms with Crippen LogP contribution in [0, 0.1) is 17.7 Å². The Bertz CT molecular complexity index is 886. The molecule has 0 saturated carbocycles. The molecule has 0 radical (unpaired) electrons. The molecule has 4 atom stereocenters. The molecule has 1 aliphatic heterocycles. The molecule has 1 heterocycles. The maximum absolute atomic E-state index is 14.6. The van der Waals surface area contributed by atoms with E-state index >= 15 is 0 Å². The van der Waals surface area contributed by atoms with Crippen molar-refractivity contribution in [3.05, 3.63) is 35.6 Å². The Hall–Kier alpha value is -2.11. The van der Waals surface area contributed by atoms with Crippen molar-refractivity contribution in [1.29, 1.82) is 0 Å². The van der Waals surface area contributed by atoms with E-state index in [0.29, 0.717) is 51.4 Å². The van der Waals surface area contributed by atoms with Crippen molar-refractivity contribution in [2.45, 2.75) is 77.7 Å². The zero-order valence-corrected chi connectivity index (χ0v) is 23.9. The predicted octanol–water partition coefficient (Wildman–Crippen LogP) is 2.43. The van der Waals surface area contributed by atoms with Gasteiger partial charge in [-0.25, -0.2) is 4.39 Å². The molecule has 1 saturated heterocycles. The fourth-order valence-corrected chi connectivity index (χ4v) is 4.49. The van der Waals surface area contributed by atoms with Crippen molar-refractivity contribution in [1.82, 2.24) is 9.80 Å². The zero-order chi connectivity index (χ0) is 28.9. The van der Waals surface area contributed by atoms with Crippen LogP contribution in [0.15, 0.2) is 24.3 Å². The molecule has 2 rings (SSSR count). The summed E-state index contributed by atoms with van der Waals surface area (Å²) in [6, 6.07) is 5.03. The summed E-state index contributed by atoms with van der Waals surface area (Å²) in [5.74, 6) is -0.864. The lowest BCUT2D eigenvalue weighted by molar-refractivity contribution is -0.134. The summed E-state index contributed by atoms with van der Waals surface area (Å²) in [5, 5.41) is 21.6. The number of rotatable bonds is 8. The highest BCUT2D eigenvalue weighted by Gasteiger charge is 2.32. The molecule has 10 heteroatoms. The molecule has 4 N–H and O–H groups in total. The van der Waals surface area contributed by atoms with Crippen molar-refractivity contribution in [2.75, 3.05) is 46.0 Å². The number of carbonyl (C=O) groups is 2. The Labute approximate surface area is 232 Å². The second-order valence-electron chi connectivity index (χ2n) is 11.2. The molecule has 2 amide bonds. The maximum atomic E-state index is 14.6. The van der Waals surface area contributed by atoms with E-state index in [4.69, 9.17) is 15.2 Å². The van der Waals surface area contributed by atoms with Gasteiger partial charge >= 0.3 is 0 Å². The van der Waals surface area contributed by atoms with Gasteiger partial charge in [0, 0.05) is 39.4 Å². The van der Waals surface area contributed by atoms with Gasteiger partial charge in [0.2, 0.25) is 5.91 Å². The summed E-state index contributed by atoms with van der Waals surface area (Å²) in [6.45, 7) is 9.23. The minimum atomic E-state index is -1.34. The Kier molecular flexibility index (Phi) is 14.3. The third kappa shape index (κ3) is 11.1. The van der Waals surface area contributed by atoms with Crippen LogP contribution in [0.5, 0.6) is 0 Å². The van der Waals surface area contributed by atoms with Crippen LogP contribution < -0.4 is 5.73 Å². The van der Waals surface area contributed by atoms with E-state index in [1.54, 1.807) is 11.0 Å². The molecule has 9 nitrogen and oxygen atoms in total. The Morgan fingerprint density at radius 2 is 1.77 bits per heavy atom. The summed E-state index contributed by atoms with van der Waals surface area (Å²) >= 11 is 0. The lowest BCUT2D eigenvalue weighted by atomic mass is 10.0. The molecule has 1 fully saturated rings. The van der Waals surface area contributed by atoms with E-state index in [0.717, 1.165) is 0 Å². The first-order chi connectivity index (χ1) is 18.5. The molecule has 0 bridgehead atoms. The third-order valence-electron chi connectivity index (χ3n) is 6.84. The fourth-order valence-electron chi connectivity index (χ4n) is 4.49. The molecular formula is C29H48FN3O6. The Morgan fingerprint density at radius 1 is 1.08 bits per heavy atom. The number of benzene rings is 1. The van der Waals surface area contributed by atoms with Gasteiger partial charge in [0.15, 0.2) is 0 Å². The highest BCUT2D eigenvalue weighted by Crippen LogP contribution is 2.16. The monoisotopic (exact) mass is 553 g/mol. The number of carbonyl (C=O) groups excluding carboxylic acids is 2. The zero-order valence-electron chi connectivity index (χ0n) is 23.9. The van der Waals surface area contributed by atoms with Crippen LogP contribution >= 0.6 is 0 Å². The number of amides is 2. The standard InChI is InChI=1S/C29H48FN3O6/c1-20(2)11-16-39-26-18-33(28(36)22-9-5-6-10-23(22)30)14-13-32(29(37)24(31)17-21(3)4)12-7-8-15-38-19-25(34)27(26)35/h5-6,9-10,20-21,24-27,34-35H,7-8,11-19,31H2,1-4H3/t24-,25-,26-,27-/m1/s1. The number of hydrogen-bond donors (Lipinski definition) is 3. The molecule has 39 heavy (non-hydrogen) atoms. The first-order valence-electron chi connectivity index (χ1n) is 14.1. The number of ether oxygens (including phenoxy) is 2. The van der Waals surface area contributed by atoms with E-state index in [9.17, 15) is 24.2 Å². The highest BCUT2D eigenvalue weighted by atomic mass is 19.1. The van der Waals surface area contributed by atoms with E-state index in [2.05, 4.69) is 0 Å². The second-order valence-corrected chi connectivity index (χ2v) is 11.2.